The van der Waals surface area contributed by atoms with Gasteiger partial charge in [0.15, 0.2) is 0 Å². The lowest BCUT2D eigenvalue weighted by Gasteiger charge is -2.26. The number of unbranched alkanes of at least 4 members (excludes halogenated alkanes) is 5. The Morgan fingerprint density at radius 2 is 1.79 bits per heavy atom. The Hall–Kier alpha value is -2.06. The Morgan fingerprint density at radius 1 is 1.15 bits per heavy atom. The van der Waals surface area contributed by atoms with Crippen LogP contribution >= 0.6 is 0 Å². The number of hydrogen-bond acceptors (Lipinski definition) is 6. The minimum Gasteiger partial charge on any atom is -0.760 e. The average Bonchev–Trinajstić information content (AvgIpc) is 2.83. The minimum atomic E-state index is -2.25. The van der Waals surface area contributed by atoms with E-state index in [9.17, 15) is 8.76 Å². The molecule has 0 aromatic carbocycles. The van der Waals surface area contributed by atoms with Gasteiger partial charge in [-0.1, -0.05) is 44.9 Å². The molecule has 2 rings (SSSR count). The zero-order valence-corrected chi connectivity index (χ0v) is 20.3. The molecular weight excluding hydrogens is 440 g/mol. The first kappa shape index (κ1) is 27.2. The molecule has 0 aliphatic heterocycles. The Kier molecular flexibility index (Phi) is 13.6. The van der Waals surface area contributed by atoms with Crippen LogP contribution in [0.15, 0.2) is 29.5 Å². The molecule has 0 bridgehead atoms. The number of aromatic nitrogens is 1. The number of pyridine rings is 1. The molecule has 1 fully saturated rings. The number of nitriles is 1. The zero-order valence-electron chi connectivity index (χ0n) is 19.4. The van der Waals surface area contributed by atoms with Crippen LogP contribution in [0.4, 0.5) is 5.69 Å². The molecule has 1 aromatic rings. The van der Waals surface area contributed by atoms with Gasteiger partial charge in [0.05, 0.1) is 6.61 Å². The summed E-state index contributed by atoms with van der Waals surface area (Å²) < 4.78 is 30.0. The van der Waals surface area contributed by atoms with Crippen LogP contribution in [0.25, 0.3) is 0 Å². The second-order valence-electron chi connectivity index (χ2n) is 8.47. The number of guanidine groups is 1. The van der Waals surface area contributed by atoms with Gasteiger partial charge in [0.2, 0.25) is 12.2 Å². The van der Waals surface area contributed by atoms with Gasteiger partial charge >= 0.3 is 0 Å². The van der Waals surface area contributed by atoms with Crippen LogP contribution in [-0.2, 0) is 16.0 Å². The predicted octanol–water partition coefficient (Wildman–Crippen LogP) is 3.67. The van der Waals surface area contributed by atoms with E-state index in [0.29, 0.717) is 25.6 Å². The Bertz CT molecular complexity index is 752. The lowest BCUT2D eigenvalue weighted by Crippen LogP contribution is -2.38. The van der Waals surface area contributed by atoms with Gasteiger partial charge in [-0.3, -0.25) is 9.19 Å². The highest BCUT2D eigenvalue weighted by molar-refractivity contribution is 7.76. The van der Waals surface area contributed by atoms with Crippen LogP contribution in [0.3, 0.4) is 0 Å². The third-order valence-electron chi connectivity index (χ3n) is 5.98. The van der Waals surface area contributed by atoms with Crippen molar-refractivity contribution in [1.82, 2.24) is 9.29 Å². The van der Waals surface area contributed by atoms with Crippen molar-refractivity contribution in [1.29, 1.82) is 5.26 Å². The largest absolute Gasteiger partial charge is 0.760 e. The molecule has 1 aromatic heterocycles. The Morgan fingerprint density at radius 3 is 2.42 bits per heavy atom. The van der Waals surface area contributed by atoms with Crippen molar-refractivity contribution in [2.45, 2.75) is 70.6 Å². The number of rotatable bonds is 15. The summed E-state index contributed by atoms with van der Waals surface area (Å²) in [5, 5.41) is 8.80. The molecule has 1 saturated carbocycles. The van der Waals surface area contributed by atoms with E-state index in [1.165, 1.54) is 36.4 Å². The molecule has 1 aliphatic carbocycles. The van der Waals surface area contributed by atoms with Gasteiger partial charge in [0.25, 0.3) is 0 Å². The summed E-state index contributed by atoms with van der Waals surface area (Å²) in [6.45, 7) is 1.98. The quantitative estimate of drug-likeness (QED) is 0.102. The topological polar surface area (TPSA) is 131 Å². The van der Waals surface area contributed by atoms with Crippen molar-refractivity contribution in [3.63, 3.8) is 0 Å². The molecule has 33 heavy (non-hydrogen) atoms. The number of hydrogen-bond donors (Lipinski definition) is 1. The van der Waals surface area contributed by atoms with E-state index in [-0.39, 0.29) is 12.7 Å². The van der Waals surface area contributed by atoms with Crippen LogP contribution in [0.5, 0.6) is 0 Å². The fraction of sp³-hybridized carbons (Fsp3) is 0.696. The van der Waals surface area contributed by atoms with Gasteiger partial charge in [-0.2, -0.15) is 5.26 Å². The summed E-state index contributed by atoms with van der Waals surface area (Å²) in [5.74, 6) is 0.761. The second kappa shape index (κ2) is 16.5. The molecule has 0 radical (unpaired) electrons. The molecule has 1 unspecified atom stereocenters. The molecule has 184 valence electrons. The van der Waals surface area contributed by atoms with Crippen molar-refractivity contribution >= 4 is 22.9 Å². The fourth-order valence-corrected chi connectivity index (χ4v) is 4.57. The number of aliphatic imine (C=N–C) groups is 1. The normalized spacial score (nSPS) is 16.0. The van der Waals surface area contributed by atoms with E-state index in [2.05, 4.69) is 9.98 Å². The van der Waals surface area contributed by atoms with Crippen LogP contribution in [0.1, 0.15) is 70.6 Å². The summed E-state index contributed by atoms with van der Waals surface area (Å²) in [4.78, 5) is 9.49. The Labute approximate surface area is 200 Å². The first-order chi connectivity index (χ1) is 16.1. The van der Waals surface area contributed by atoms with E-state index in [0.717, 1.165) is 44.2 Å². The van der Waals surface area contributed by atoms with Crippen LogP contribution in [0.2, 0.25) is 0 Å². The van der Waals surface area contributed by atoms with E-state index in [4.69, 9.17) is 15.7 Å². The molecule has 0 amide bonds. The highest BCUT2D eigenvalue weighted by Gasteiger charge is 2.14. The molecule has 1 aliphatic rings. The summed E-state index contributed by atoms with van der Waals surface area (Å²) in [6, 6.07) is 3.68. The summed E-state index contributed by atoms with van der Waals surface area (Å²) >= 11 is -2.25. The van der Waals surface area contributed by atoms with Gasteiger partial charge < -0.3 is 19.9 Å². The highest BCUT2D eigenvalue weighted by Crippen LogP contribution is 2.23. The monoisotopic (exact) mass is 477 g/mol. The smallest absolute Gasteiger partial charge is 0.211 e. The number of anilines is 1. The van der Waals surface area contributed by atoms with Gasteiger partial charge in [0, 0.05) is 42.4 Å². The van der Waals surface area contributed by atoms with E-state index >= 15 is 0 Å². The highest BCUT2D eigenvalue weighted by atomic mass is 32.2. The minimum absolute atomic E-state index is 0.156. The second-order valence-corrected chi connectivity index (χ2v) is 9.43. The van der Waals surface area contributed by atoms with Crippen molar-refractivity contribution in [3.05, 3.63) is 24.5 Å². The summed E-state index contributed by atoms with van der Waals surface area (Å²) in [6.07, 6.45) is 17.1. The van der Waals surface area contributed by atoms with Crippen molar-refractivity contribution in [3.8, 4) is 6.19 Å². The van der Waals surface area contributed by atoms with Crippen LogP contribution in [0, 0.1) is 17.4 Å². The SMILES string of the molecule is N#CN=C(N)N(CCCCCCCCN(COCC1CCCCC1)S(=O)[O-])c1ccncc1. The van der Waals surface area contributed by atoms with Crippen molar-refractivity contribution in [2.75, 3.05) is 31.3 Å². The molecule has 1 atom stereocenters. The molecule has 1 heterocycles. The third kappa shape index (κ3) is 11.1. The molecule has 10 heteroatoms. The third-order valence-corrected chi connectivity index (χ3v) is 6.69. The van der Waals surface area contributed by atoms with Crippen molar-refractivity contribution in [2.24, 2.45) is 16.6 Å². The van der Waals surface area contributed by atoms with E-state index in [1.807, 2.05) is 17.0 Å². The fourth-order valence-electron chi connectivity index (χ4n) is 4.13. The average molecular weight is 478 g/mol. The molecule has 0 saturated heterocycles. The van der Waals surface area contributed by atoms with E-state index in [1.54, 1.807) is 18.6 Å². The lowest BCUT2D eigenvalue weighted by molar-refractivity contribution is 0.0371. The van der Waals surface area contributed by atoms with Gasteiger partial charge in [0.1, 0.15) is 6.73 Å². The van der Waals surface area contributed by atoms with Gasteiger partial charge in [-0.05, 0) is 43.7 Å². The molecular formula is C23H37N6O3S-. The van der Waals surface area contributed by atoms with Crippen LogP contribution in [-0.4, -0.2) is 50.4 Å². The number of nitrogens with two attached hydrogens (primary N) is 1. The standard InChI is InChI=1S/C23H38N6O3S/c24-19-27-23(25)29(22-12-14-26-15-13-22)17-9-4-2-1-3-8-16-28(33(30)31)20-32-18-21-10-6-5-7-11-21/h12-15,21H,1-11,16-18,20H2,(H2,25,27)(H,30,31)/p-1. The Balaban J connectivity index is 1.58. The first-order valence-electron chi connectivity index (χ1n) is 11.9. The first-order valence-corrected chi connectivity index (χ1v) is 13.0. The molecule has 9 nitrogen and oxygen atoms in total. The van der Waals surface area contributed by atoms with Gasteiger partial charge in [-0.25, -0.2) is 4.31 Å². The maximum Gasteiger partial charge on any atom is 0.211 e. The molecule has 2 N–H and O–H groups in total. The zero-order chi connectivity index (χ0) is 23.7. The molecule has 0 spiro atoms. The van der Waals surface area contributed by atoms with Crippen LogP contribution < -0.4 is 10.6 Å². The van der Waals surface area contributed by atoms with Crippen molar-refractivity contribution < 1.29 is 13.5 Å². The predicted molar refractivity (Wildman–Crippen MR) is 130 cm³/mol. The van der Waals surface area contributed by atoms with Gasteiger partial charge in [-0.15, -0.1) is 4.99 Å². The summed E-state index contributed by atoms with van der Waals surface area (Å²) in [7, 11) is 0. The lowest BCUT2D eigenvalue weighted by atomic mass is 9.90. The van der Waals surface area contributed by atoms with E-state index < -0.39 is 11.3 Å². The number of ether oxygens (including phenoxy) is 1. The maximum atomic E-state index is 11.5. The maximum absolute atomic E-state index is 11.5. The summed E-state index contributed by atoms with van der Waals surface area (Å²) in [5.41, 5.74) is 6.80. The number of nitrogens with zero attached hydrogens (tertiary/aromatic N) is 5.